The van der Waals surface area contributed by atoms with E-state index in [1.54, 1.807) is 24.3 Å². The van der Waals surface area contributed by atoms with Gasteiger partial charge < -0.3 is 4.74 Å². The zero-order valence-corrected chi connectivity index (χ0v) is 11.5. The highest BCUT2D eigenvalue weighted by Gasteiger charge is 2.12. The van der Waals surface area contributed by atoms with Crippen LogP contribution in [0.3, 0.4) is 0 Å². The van der Waals surface area contributed by atoms with Crippen molar-refractivity contribution >= 4 is 17.7 Å². The highest BCUT2D eigenvalue weighted by Crippen LogP contribution is 2.20. The molecule has 0 amide bonds. The second kappa shape index (κ2) is 7.40. The van der Waals surface area contributed by atoms with Gasteiger partial charge in [-0.2, -0.15) is 5.10 Å². The van der Waals surface area contributed by atoms with E-state index in [0.29, 0.717) is 5.75 Å². The summed E-state index contributed by atoms with van der Waals surface area (Å²) < 4.78 is 5.24. The van der Waals surface area contributed by atoms with Crippen LogP contribution in [0.2, 0.25) is 0 Å². The summed E-state index contributed by atoms with van der Waals surface area (Å²) in [4.78, 5) is 14.2. The lowest BCUT2D eigenvalue weighted by Crippen LogP contribution is -1.99. The van der Waals surface area contributed by atoms with Crippen LogP contribution in [-0.4, -0.2) is 22.7 Å². The van der Waals surface area contributed by atoms with E-state index in [1.807, 2.05) is 0 Å². The zero-order valence-electron chi connectivity index (χ0n) is 11.5. The molecule has 2 aromatic rings. The summed E-state index contributed by atoms with van der Waals surface area (Å²) >= 11 is 0. The Kier molecular flexibility index (Phi) is 5.04. The molecule has 22 heavy (non-hydrogen) atoms. The molecule has 0 saturated carbocycles. The van der Waals surface area contributed by atoms with Gasteiger partial charge in [-0.3, -0.25) is 15.5 Å². The molecule has 0 fully saturated rings. The van der Waals surface area contributed by atoms with E-state index in [9.17, 15) is 10.1 Å². The van der Waals surface area contributed by atoms with Crippen LogP contribution < -0.4 is 10.2 Å². The first kappa shape index (κ1) is 15.0. The molecule has 0 spiro atoms. The number of rotatable bonds is 6. The molecule has 0 saturated heterocycles. The maximum absolute atomic E-state index is 10.8. The Morgan fingerprint density at radius 1 is 1.41 bits per heavy atom. The van der Waals surface area contributed by atoms with Crippen molar-refractivity contribution in [1.29, 1.82) is 0 Å². The monoisotopic (exact) mass is 296 g/mol. The van der Waals surface area contributed by atoms with Gasteiger partial charge in [0.1, 0.15) is 12.4 Å². The molecule has 7 nitrogen and oxygen atoms in total. The number of ether oxygens (including phenoxy) is 1. The van der Waals surface area contributed by atoms with Crippen molar-refractivity contribution in [2.75, 3.05) is 12.0 Å². The fourth-order valence-corrected chi connectivity index (χ4v) is 1.57. The molecule has 0 aliphatic rings. The van der Waals surface area contributed by atoms with Crippen molar-refractivity contribution in [2.45, 2.75) is 0 Å². The predicted octanol–water partition coefficient (Wildman–Crippen LogP) is 2.45. The van der Waals surface area contributed by atoms with E-state index in [0.717, 1.165) is 5.56 Å². The number of pyridine rings is 1. The van der Waals surface area contributed by atoms with Crippen LogP contribution >= 0.6 is 0 Å². The minimum absolute atomic E-state index is 0.0812. The average molecular weight is 296 g/mol. The van der Waals surface area contributed by atoms with Gasteiger partial charge in [-0.1, -0.05) is 5.92 Å². The third-order valence-electron chi connectivity index (χ3n) is 2.57. The topological polar surface area (TPSA) is 89.7 Å². The molecule has 0 unspecified atom stereocenters. The summed E-state index contributed by atoms with van der Waals surface area (Å²) in [6.07, 6.45) is 8.07. The average Bonchev–Trinajstić information content (AvgIpc) is 2.54. The Hall–Kier alpha value is -3.40. The van der Waals surface area contributed by atoms with Crippen molar-refractivity contribution in [3.63, 3.8) is 0 Å². The fourth-order valence-electron chi connectivity index (χ4n) is 1.57. The number of nitrogens with zero attached hydrogens (tertiary/aromatic N) is 3. The Bertz CT molecular complexity index is 720. The molecule has 1 aromatic heterocycles. The second-order valence-corrected chi connectivity index (χ2v) is 4.06. The summed E-state index contributed by atoms with van der Waals surface area (Å²) in [7, 11) is 0. The van der Waals surface area contributed by atoms with E-state index in [-0.39, 0.29) is 18.1 Å². The van der Waals surface area contributed by atoms with E-state index in [1.165, 1.54) is 24.5 Å². The third kappa shape index (κ3) is 4.05. The first-order chi connectivity index (χ1) is 10.7. The van der Waals surface area contributed by atoms with Gasteiger partial charge in [-0.05, 0) is 35.9 Å². The lowest BCUT2D eigenvalue weighted by atomic mass is 10.2. The van der Waals surface area contributed by atoms with Gasteiger partial charge in [0.25, 0.3) is 0 Å². The maximum Gasteiger partial charge on any atom is 0.313 e. The molecule has 7 heteroatoms. The lowest BCUT2D eigenvalue weighted by molar-refractivity contribution is -0.384. The molecule has 2 rings (SSSR count). The first-order valence-electron chi connectivity index (χ1n) is 6.25. The molecular weight excluding hydrogens is 284 g/mol. The van der Waals surface area contributed by atoms with Gasteiger partial charge in [0.2, 0.25) is 5.82 Å². The van der Waals surface area contributed by atoms with Crippen LogP contribution in [0.4, 0.5) is 11.5 Å². The largest absolute Gasteiger partial charge is 0.481 e. The quantitative estimate of drug-likeness (QED) is 0.383. The van der Waals surface area contributed by atoms with Crippen molar-refractivity contribution in [2.24, 2.45) is 5.10 Å². The number of nitro groups is 1. The third-order valence-corrected chi connectivity index (χ3v) is 2.57. The molecular formula is C15H12N4O3. The van der Waals surface area contributed by atoms with E-state index in [2.05, 4.69) is 21.4 Å². The molecule has 1 heterocycles. The Morgan fingerprint density at radius 3 is 2.86 bits per heavy atom. The number of hydrogen-bond acceptors (Lipinski definition) is 6. The first-order valence-corrected chi connectivity index (χ1v) is 6.25. The molecule has 0 aliphatic carbocycles. The molecule has 0 radical (unpaired) electrons. The Balaban J connectivity index is 2.01. The lowest BCUT2D eigenvalue weighted by Gasteiger charge is -2.02. The second-order valence-electron chi connectivity index (χ2n) is 4.06. The van der Waals surface area contributed by atoms with Crippen LogP contribution in [0.5, 0.6) is 5.75 Å². The van der Waals surface area contributed by atoms with Crippen LogP contribution in [0.1, 0.15) is 5.56 Å². The summed E-state index contributed by atoms with van der Waals surface area (Å²) in [5, 5.41) is 14.8. The molecule has 0 atom stereocenters. The number of nitrogens with one attached hydrogen (secondary N) is 1. The maximum atomic E-state index is 10.8. The molecule has 0 aliphatic heterocycles. The van der Waals surface area contributed by atoms with Crippen molar-refractivity contribution in [1.82, 2.24) is 4.98 Å². The van der Waals surface area contributed by atoms with Gasteiger partial charge in [0, 0.05) is 12.3 Å². The normalized spacial score (nSPS) is 10.1. The van der Waals surface area contributed by atoms with Gasteiger partial charge in [0.15, 0.2) is 0 Å². The minimum Gasteiger partial charge on any atom is -0.481 e. The van der Waals surface area contributed by atoms with Crippen molar-refractivity contribution < 1.29 is 9.66 Å². The standard InChI is InChI=1S/C15H12N4O3/c1-2-10-22-13-7-5-12(6-8-13)11-17-18-15-14(19(20)21)4-3-9-16-15/h1,3-9,11H,10H2,(H,16,18)/b17-11-. The number of hydrazone groups is 1. The smallest absolute Gasteiger partial charge is 0.313 e. The summed E-state index contributed by atoms with van der Waals surface area (Å²) in [5.41, 5.74) is 3.20. The summed E-state index contributed by atoms with van der Waals surface area (Å²) in [6.45, 7) is 0.207. The van der Waals surface area contributed by atoms with E-state index >= 15 is 0 Å². The SMILES string of the molecule is C#CCOc1ccc(/C=N\Nc2ncccc2[N+](=O)[O-])cc1. The number of anilines is 1. The summed E-state index contributed by atoms with van der Waals surface area (Å²) in [5.74, 6) is 3.11. The Morgan fingerprint density at radius 2 is 2.18 bits per heavy atom. The van der Waals surface area contributed by atoms with Gasteiger partial charge in [0.05, 0.1) is 11.1 Å². The van der Waals surface area contributed by atoms with Crippen molar-refractivity contribution in [3.8, 4) is 18.1 Å². The highest BCUT2D eigenvalue weighted by atomic mass is 16.6. The van der Waals surface area contributed by atoms with Crippen LogP contribution in [-0.2, 0) is 0 Å². The number of hydrogen-bond donors (Lipinski definition) is 1. The molecule has 1 aromatic carbocycles. The zero-order chi connectivity index (χ0) is 15.8. The van der Waals surface area contributed by atoms with Gasteiger partial charge in [-0.15, -0.1) is 6.42 Å². The van der Waals surface area contributed by atoms with Crippen LogP contribution in [0, 0.1) is 22.5 Å². The fraction of sp³-hybridized carbons (Fsp3) is 0.0667. The number of terminal acetylenes is 1. The number of benzene rings is 1. The Labute approximate surface area is 126 Å². The van der Waals surface area contributed by atoms with E-state index in [4.69, 9.17) is 11.2 Å². The van der Waals surface area contributed by atoms with Gasteiger partial charge in [-0.25, -0.2) is 4.98 Å². The van der Waals surface area contributed by atoms with Gasteiger partial charge >= 0.3 is 5.69 Å². The molecule has 110 valence electrons. The summed E-state index contributed by atoms with van der Waals surface area (Å²) in [6, 6.07) is 9.90. The van der Waals surface area contributed by atoms with E-state index < -0.39 is 4.92 Å². The van der Waals surface area contributed by atoms with Crippen LogP contribution in [0.25, 0.3) is 0 Å². The molecule has 1 N–H and O–H groups in total. The predicted molar refractivity (Wildman–Crippen MR) is 82.9 cm³/mol. The highest BCUT2D eigenvalue weighted by molar-refractivity contribution is 5.80. The van der Waals surface area contributed by atoms with Crippen LogP contribution in [0.15, 0.2) is 47.7 Å². The number of aromatic nitrogens is 1. The minimum atomic E-state index is -0.525. The molecule has 0 bridgehead atoms. The van der Waals surface area contributed by atoms with Crippen molar-refractivity contribution in [3.05, 3.63) is 58.3 Å².